The van der Waals surface area contributed by atoms with E-state index in [2.05, 4.69) is 10.1 Å². The van der Waals surface area contributed by atoms with Gasteiger partial charge < -0.3 is 15.6 Å². The number of carboxylic acid groups (broad SMARTS) is 1. The predicted molar refractivity (Wildman–Crippen MR) is 91.2 cm³/mol. The van der Waals surface area contributed by atoms with E-state index in [4.69, 9.17) is 10.8 Å². The Hall–Kier alpha value is -1.84. The molecule has 1 rings (SSSR count). The van der Waals surface area contributed by atoms with Crippen LogP contribution in [0, 0.1) is 0 Å². The molecule has 0 aromatic heterocycles. The number of aliphatic carboxylic acids is 1. The molecule has 4 N–H and O–H groups in total. The summed E-state index contributed by atoms with van der Waals surface area (Å²) in [5.74, 6) is -1.16. The number of halogens is 1. The Bertz CT molecular complexity index is 705. The lowest BCUT2D eigenvalue weighted by Gasteiger charge is -2.18. The molecule has 0 fully saturated rings. The van der Waals surface area contributed by atoms with Crippen LogP contribution >= 0.6 is 12.4 Å². The van der Waals surface area contributed by atoms with E-state index in [0.717, 1.165) is 0 Å². The van der Waals surface area contributed by atoms with Crippen LogP contribution in [0.4, 0.5) is 10.5 Å². The fraction of sp³-hybridized carbons (Fsp3) is 0.429. The average Bonchev–Trinajstić information content (AvgIpc) is 2.45. The summed E-state index contributed by atoms with van der Waals surface area (Å²) in [5.41, 5.74) is 6.23. The number of amides is 1. The Morgan fingerprint density at radius 3 is 2.38 bits per heavy atom. The quantitative estimate of drug-likeness (QED) is 0.685. The van der Waals surface area contributed by atoms with Crippen molar-refractivity contribution in [1.82, 2.24) is 0 Å². The van der Waals surface area contributed by atoms with Gasteiger partial charge in [-0.25, -0.2) is 13.2 Å². The van der Waals surface area contributed by atoms with Crippen molar-refractivity contribution in [3.05, 3.63) is 23.8 Å². The largest absolute Gasteiger partial charge is 0.481 e. The molecule has 1 unspecified atom stereocenters. The Labute approximate surface area is 146 Å². The number of anilines is 1. The zero-order chi connectivity index (χ0) is 17.8. The smallest absolute Gasteiger partial charge is 0.411 e. The van der Waals surface area contributed by atoms with Crippen molar-refractivity contribution in [3.8, 4) is 0 Å². The van der Waals surface area contributed by atoms with E-state index in [1.165, 1.54) is 39.2 Å². The number of hydrogen-bond acceptors (Lipinski definition) is 6. The van der Waals surface area contributed by atoms with Gasteiger partial charge in [0.2, 0.25) is 0 Å². The van der Waals surface area contributed by atoms with Gasteiger partial charge in [-0.1, -0.05) is 0 Å². The molecule has 24 heavy (non-hydrogen) atoms. The molecule has 10 heteroatoms. The topological polar surface area (TPSA) is 136 Å². The molecule has 0 spiro atoms. The van der Waals surface area contributed by atoms with Gasteiger partial charge in [-0.2, -0.15) is 0 Å². The molecule has 136 valence electrons. The number of rotatable bonds is 6. The van der Waals surface area contributed by atoms with E-state index in [0.29, 0.717) is 0 Å². The molecule has 1 amide bonds. The highest BCUT2D eigenvalue weighted by Crippen LogP contribution is 2.29. The number of carbonyl (C=O) groups excluding carboxylic acids is 1. The van der Waals surface area contributed by atoms with Gasteiger partial charge in [0.1, 0.15) is 0 Å². The lowest BCUT2D eigenvalue weighted by Crippen LogP contribution is -2.22. The first-order valence-corrected chi connectivity index (χ1v) is 8.34. The number of nitrogens with one attached hydrogen (secondary N) is 1. The van der Waals surface area contributed by atoms with Gasteiger partial charge in [0, 0.05) is 11.7 Å². The second-order valence-corrected chi connectivity index (χ2v) is 7.64. The van der Waals surface area contributed by atoms with Gasteiger partial charge in [0.25, 0.3) is 0 Å². The van der Waals surface area contributed by atoms with Crippen molar-refractivity contribution in [2.24, 2.45) is 5.73 Å². The number of carbonyl (C=O) groups is 2. The minimum Gasteiger partial charge on any atom is -0.481 e. The monoisotopic (exact) mass is 380 g/mol. The van der Waals surface area contributed by atoms with Crippen molar-refractivity contribution in [2.45, 2.75) is 36.5 Å². The standard InChI is InChI=1S/C14H20N2O6S.ClH/c1-8(2)23(20,21)12-5-4-9(16-14(19)22-3)6-10(12)11(15)7-13(17)18;/h4-6,8,11H,7,15H2,1-3H3,(H,16,19)(H,17,18);1H. The van der Waals surface area contributed by atoms with Crippen LogP contribution in [0.5, 0.6) is 0 Å². The van der Waals surface area contributed by atoms with Gasteiger partial charge in [0.05, 0.1) is 23.7 Å². The molecule has 0 saturated heterocycles. The molecule has 0 aliphatic rings. The normalized spacial score (nSPS) is 12.2. The number of hydrogen-bond donors (Lipinski definition) is 3. The Morgan fingerprint density at radius 1 is 1.33 bits per heavy atom. The third-order valence-corrected chi connectivity index (χ3v) is 5.39. The second kappa shape index (κ2) is 8.86. The SMILES string of the molecule is COC(=O)Nc1ccc(S(=O)(=O)C(C)C)c(C(N)CC(=O)O)c1.Cl. The van der Waals surface area contributed by atoms with E-state index in [9.17, 15) is 18.0 Å². The summed E-state index contributed by atoms with van der Waals surface area (Å²) in [6.45, 7) is 3.03. The summed E-state index contributed by atoms with van der Waals surface area (Å²) >= 11 is 0. The molecule has 0 bridgehead atoms. The van der Waals surface area contributed by atoms with Gasteiger partial charge in [-0.05, 0) is 37.6 Å². The van der Waals surface area contributed by atoms with Crippen LogP contribution in [-0.2, 0) is 19.4 Å². The maximum Gasteiger partial charge on any atom is 0.411 e. The molecule has 0 aliphatic carbocycles. The van der Waals surface area contributed by atoms with Crippen LogP contribution in [0.1, 0.15) is 31.9 Å². The lowest BCUT2D eigenvalue weighted by molar-refractivity contribution is -0.137. The molecular weight excluding hydrogens is 360 g/mol. The molecule has 1 aromatic rings. The van der Waals surface area contributed by atoms with Gasteiger partial charge in [0.15, 0.2) is 9.84 Å². The molecule has 0 aliphatic heterocycles. The summed E-state index contributed by atoms with van der Waals surface area (Å²) in [4.78, 5) is 22.1. The second-order valence-electron chi connectivity index (χ2n) is 5.17. The lowest BCUT2D eigenvalue weighted by atomic mass is 10.0. The van der Waals surface area contributed by atoms with Gasteiger partial charge >= 0.3 is 12.1 Å². The molecule has 8 nitrogen and oxygen atoms in total. The third kappa shape index (κ3) is 5.36. The van der Waals surface area contributed by atoms with Crippen LogP contribution in [0.3, 0.4) is 0 Å². The third-order valence-electron chi connectivity index (χ3n) is 3.16. The van der Waals surface area contributed by atoms with Crippen molar-refractivity contribution in [1.29, 1.82) is 0 Å². The zero-order valence-electron chi connectivity index (χ0n) is 13.5. The highest BCUT2D eigenvalue weighted by Gasteiger charge is 2.26. The van der Waals surface area contributed by atoms with Crippen LogP contribution in [0.25, 0.3) is 0 Å². The number of nitrogens with two attached hydrogens (primary N) is 1. The Morgan fingerprint density at radius 2 is 1.92 bits per heavy atom. The number of benzene rings is 1. The number of methoxy groups -OCH3 is 1. The average molecular weight is 381 g/mol. The minimum absolute atomic E-state index is 0. The maximum atomic E-state index is 12.4. The zero-order valence-corrected chi connectivity index (χ0v) is 15.1. The van der Waals surface area contributed by atoms with E-state index in [-0.39, 0.29) is 28.6 Å². The fourth-order valence-corrected chi connectivity index (χ4v) is 3.20. The summed E-state index contributed by atoms with van der Waals surface area (Å²) in [7, 11) is -2.47. The molecule has 0 heterocycles. The van der Waals surface area contributed by atoms with Crippen LogP contribution < -0.4 is 11.1 Å². The minimum atomic E-state index is -3.66. The van der Waals surface area contributed by atoms with Crippen LogP contribution in [0.15, 0.2) is 23.1 Å². The molecule has 1 aromatic carbocycles. The number of sulfone groups is 1. The van der Waals surface area contributed by atoms with Gasteiger partial charge in [-0.15, -0.1) is 12.4 Å². The molecular formula is C14H21ClN2O6S. The van der Waals surface area contributed by atoms with Crippen LogP contribution in [-0.4, -0.2) is 37.9 Å². The highest BCUT2D eigenvalue weighted by molar-refractivity contribution is 7.92. The first-order valence-electron chi connectivity index (χ1n) is 6.79. The Kier molecular flexibility index (Phi) is 8.18. The Balaban J connectivity index is 0.00000529. The van der Waals surface area contributed by atoms with E-state index in [1.807, 2.05) is 0 Å². The summed E-state index contributed by atoms with van der Waals surface area (Å²) in [5, 5.41) is 10.6. The van der Waals surface area contributed by atoms with Crippen molar-refractivity contribution in [2.75, 3.05) is 12.4 Å². The van der Waals surface area contributed by atoms with Gasteiger partial charge in [-0.3, -0.25) is 10.1 Å². The van der Waals surface area contributed by atoms with Crippen LogP contribution in [0.2, 0.25) is 0 Å². The van der Waals surface area contributed by atoms with E-state index < -0.39 is 39.6 Å². The molecule has 1 atom stereocenters. The number of ether oxygens (including phenoxy) is 1. The predicted octanol–water partition coefficient (Wildman–Crippen LogP) is 1.94. The number of carboxylic acids is 1. The summed E-state index contributed by atoms with van der Waals surface area (Å²) in [6, 6.07) is 3.01. The van der Waals surface area contributed by atoms with Crippen molar-refractivity contribution < 1.29 is 27.9 Å². The van der Waals surface area contributed by atoms with Crippen molar-refractivity contribution >= 4 is 40.0 Å². The fourth-order valence-electron chi connectivity index (χ4n) is 1.90. The first-order chi connectivity index (χ1) is 10.6. The van der Waals surface area contributed by atoms with E-state index >= 15 is 0 Å². The summed E-state index contributed by atoms with van der Waals surface area (Å²) < 4.78 is 29.3. The maximum absolute atomic E-state index is 12.4. The molecule has 0 radical (unpaired) electrons. The highest BCUT2D eigenvalue weighted by atomic mass is 35.5. The first kappa shape index (κ1) is 22.2. The molecule has 0 saturated carbocycles. The van der Waals surface area contributed by atoms with Crippen molar-refractivity contribution in [3.63, 3.8) is 0 Å². The van der Waals surface area contributed by atoms with E-state index in [1.54, 1.807) is 0 Å². The summed E-state index contributed by atoms with van der Waals surface area (Å²) in [6.07, 6.45) is -1.18.